The average molecular weight is 239 g/mol. The third-order valence-electron chi connectivity index (χ3n) is 4.58. The second-order valence-corrected chi connectivity index (χ2v) is 5.94. The average Bonchev–Trinajstić information content (AvgIpc) is 3.00. The van der Waals surface area contributed by atoms with E-state index in [2.05, 4.69) is 15.1 Å². The van der Waals surface area contributed by atoms with E-state index < -0.39 is 0 Å². The van der Waals surface area contributed by atoms with Gasteiger partial charge in [-0.3, -0.25) is 4.90 Å². The highest BCUT2D eigenvalue weighted by molar-refractivity contribution is 4.89. The monoisotopic (exact) mass is 239 g/mol. The number of hydrogen-bond acceptors (Lipinski definition) is 4. The summed E-state index contributed by atoms with van der Waals surface area (Å²) in [5, 5.41) is 12.9. The lowest BCUT2D eigenvalue weighted by molar-refractivity contribution is 0.187. The normalized spacial score (nSPS) is 40.4. The number of hydrogen-bond donors (Lipinski definition) is 2. The van der Waals surface area contributed by atoms with Crippen molar-refractivity contribution < 1.29 is 5.11 Å². The molecule has 4 heteroatoms. The maximum Gasteiger partial charge on any atom is 0.0680 e. The smallest absolute Gasteiger partial charge is 0.0680 e. The zero-order valence-corrected chi connectivity index (χ0v) is 10.6. The van der Waals surface area contributed by atoms with E-state index in [1.165, 1.54) is 45.4 Å². The van der Waals surface area contributed by atoms with Crippen molar-refractivity contribution in [3.8, 4) is 0 Å². The van der Waals surface area contributed by atoms with Crippen LogP contribution in [0, 0.1) is 0 Å². The van der Waals surface area contributed by atoms with Gasteiger partial charge >= 0.3 is 0 Å². The predicted molar refractivity (Wildman–Crippen MR) is 68.1 cm³/mol. The zero-order chi connectivity index (χ0) is 11.7. The van der Waals surface area contributed by atoms with Gasteiger partial charge in [0.2, 0.25) is 0 Å². The van der Waals surface area contributed by atoms with Crippen LogP contribution < -0.4 is 5.32 Å². The van der Waals surface area contributed by atoms with E-state index in [1.807, 2.05) is 0 Å². The van der Waals surface area contributed by atoms with Crippen molar-refractivity contribution in [1.29, 1.82) is 0 Å². The summed E-state index contributed by atoms with van der Waals surface area (Å²) >= 11 is 0. The van der Waals surface area contributed by atoms with Gasteiger partial charge in [-0.05, 0) is 45.3 Å². The van der Waals surface area contributed by atoms with Gasteiger partial charge in [-0.15, -0.1) is 0 Å². The molecule has 0 saturated carbocycles. The molecule has 3 atom stereocenters. The number of rotatable bonds is 3. The fourth-order valence-electron chi connectivity index (χ4n) is 3.63. The van der Waals surface area contributed by atoms with E-state index in [4.69, 9.17) is 0 Å². The van der Waals surface area contributed by atoms with Crippen LogP contribution in [0.2, 0.25) is 0 Å². The fraction of sp³-hybridized carbons (Fsp3) is 1.00. The van der Waals surface area contributed by atoms with Gasteiger partial charge in [0, 0.05) is 31.7 Å². The molecule has 3 rings (SSSR count). The number of nitrogens with zero attached hydrogens (tertiary/aromatic N) is 2. The Labute approximate surface area is 104 Å². The van der Waals surface area contributed by atoms with Crippen molar-refractivity contribution >= 4 is 0 Å². The minimum Gasteiger partial charge on any atom is -0.392 e. The van der Waals surface area contributed by atoms with Gasteiger partial charge in [0.05, 0.1) is 6.10 Å². The first-order valence-electron chi connectivity index (χ1n) is 7.19. The topological polar surface area (TPSA) is 38.7 Å². The van der Waals surface area contributed by atoms with Crippen LogP contribution in [0.25, 0.3) is 0 Å². The van der Waals surface area contributed by atoms with Crippen molar-refractivity contribution in [2.75, 3.05) is 39.3 Å². The Morgan fingerprint density at radius 2 is 2.00 bits per heavy atom. The minimum absolute atomic E-state index is 0.114. The van der Waals surface area contributed by atoms with Gasteiger partial charge in [0.25, 0.3) is 0 Å². The van der Waals surface area contributed by atoms with Crippen molar-refractivity contribution in [2.45, 2.75) is 43.9 Å². The molecule has 3 aliphatic heterocycles. The van der Waals surface area contributed by atoms with Crippen LogP contribution in [-0.2, 0) is 0 Å². The Balaban J connectivity index is 1.44. The third-order valence-corrected chi connectivity index (χ3v) is 4.58. The molecule has 98 valence electrons. The van der Waals surface area contributed by atoms with Gasteiger partial charge in [0.15, 0.2) is 0 Å². The fourth-order valence-corrected chi connectivity index (χ4v) is 3.63. The molecule has 3 unspecified atom stereocenters. The van der Waals surface area contributed by atoms with Crippen molar-refractivity contribution in [3.63, 3.8) is 0 Å². The van der Waals surface area contributed by atoms with Crippen LogP contribution in [0.1, 0.15) is 25.7 Å². The SMILES string of the molecule is OC1CNC(CN2CCC(N3CCCC3)C2)C1. The Kier molecular flexibility index (Phi) is 3.66. The van der Waals surface area contributed by atoms with Crippen LogP contribution in [0.4, 0.5) is 0 Å². The number of aliphatic hydroxyl groups is 1. The minimum atomic E-state index is -0.114. The highest BCUT2D eigenvalue weighted by atomic mass is 16.3. The first-order valence-corrected chi connectivity index (χ1v) is 7.19. The summed E-state index contributed by atoms with van der Waals surface area (Å²) in [5.41, 5.74) is 0. The van der Waals surface area contributed by atoms with Crippen molar-refractivity contribution in [1.82, 2.24) is 15.1 Å². The van der Waals surface area contributed by atoms with Gasteiger partial charge in [-0.2, -0.15) is 0 Å². The molecule has 0 amide bonds. The summed E-state index contributed by atoms with van der Waals surface area (Å²) in [6.45, 7) is 7.04. The van der Waals surface area contributed by atoms with E-state index in [0.717, 1.165) is 25.6 Å². The van der Waals surface area contributed by atoms with E-state index >= 15 is 0 Å². The molecule has 2 N–H and O–H groups in total. The quantitative estimate of drug-likeness (QED) is 0.720. The summed E-state index contributed by atoms with van der Waals surface area (Å²) in [4.78, 5) is 5.26. The number of likely N-dealkylation sites (tertiary alicyclic amines) is 2. The predicted octanol–water partition coefficient (Wildman–Crippen LogP) is -0.121. The van der Waals surface area contributed by atoms with E-state index in [-0.39, 0.29) is 6.10 Å². The standard InChI is InChI=1S/C13H25N3O/c17-13-7-11(14-8-13)9-15-6-3-12(10-15)16-4-1-2-5-16/h11-14,17H,1-10H2. The Hall–Kier alpha value is -0.160. The molecule has 0 aromatic carbocycles. The molecule has 4 nitrogen and oxygen atoms in total. The molecule has 3 fully saturated rings. The highest BCUT2D eigenvalue weighted by Crippen LogP contribution is 2.21. The van der Waals surface area contributed by atoms with Crippen molar-refractivity contribution in [2.24, 2.45) is 0 Å². The largest absolute Gasteiger partial charge is 0.392 e. The van der Waals surface area contributed by atoms with Crippen LogP contribution in [0.15, 0.2) is 0 Å². The number of β-amino-alcohol motifs (C(OH)–C–C–N with tert-alkyl or cyclic N) is 1. The Morgan fingerprint density at radius 1 is 1.18 bits per heavy atom. The Morgan fingerprint density at radius 3 is 2.71 bits per heavy atom. The lowest BCUT2D eigenvalue weighted by Gasteiger charge is -2.25. The molecule has 0 aromatic heterocycles. The van der Waals surface area contributed by atoms with E-state index in [1.54, 1.807) is 0 Å². The molecule has 0 bridgehead atoms. The third kappa shape index (κ3) is 2.81. The lowest BCUT2D eigenvalue weighted by Crippen LogP contribution is -2.39. The van der Waals surface area contributed by atoms with Gasteiger partial charge in [0.1, 0.15) is 0 Å². The molecule has 3 saturated heterocycles. The molecule has 17 heavy (non-hydrogen) atoms. The van der Waals surface area contributed by atoms with E-state index in [0.29, 0.717) is 6.04 Å². The molecular weight excluding hydrogens is 214 g/mol. The molecule has 0 aromatic rings. The Bertz CT molecular complexity index is 255. The summed E-state index contributed by atoms with van der Waals surface area (Å²) in [6, 6.07) is 1.33. The maximum absolute atomic E-state index is 9.51. The van der Waals surface area contributed by atoms with Crippen LogP contribution in [0.5, 0.6) is 0 Å². The summed E-state index contributed by atoms with van der Waals surface area (Å²) in [6.07, 6.45) is 4.96. The first kappa shape index (κ1) is 11.9. The molecule has 3 aliphatic rings. The van der Waals surface area contributed by atoms with Gasteiger partial charge < -0.3 is 15.3 Å². The van der Waals surface area contributed by atoms with Crippen LogP contribution >= 0.6 is 0 Å². The number of aliphatic hydroxyl groups excluding tert-OH is 1. The summed E-state index contributed by atoms with van der Waals surface area (Å²) in [7, 11) is 0. The molecular formula is C13H25N3O. The zero-order valence-electron chi connectivity index (χ0n) is 10.6. The molecule has 0 aliphatic carbocycles. The molecule has 0 spiro atoms. The summed E-state index contributed by atoms with van der Waals surface area (Å²) < 4.78 is 0. The lowest BCUT2D eigenvalue weighted by atomic mass is 10.2. The first-order chi connectivity index (χ1) is 8.31. The van der Waals surface area contributed by atoms with E-state index in [9.17, 15) is 5.11 Å². The van der Waals surface area contributed by atoms with Gasteiger partial charge in [-0.25, -0.2) is 0 Å². The molecule has 3 heterocycles. The number of nitrogens with one attached hydrogen (secondary N) is 1. The van der Waals surface area contributed by atoms with Crippen LogP contribution in [0.3, 0.4) is 0 Å². The highest BCUT2D eigenvalue weighted by Gasteiger charge is 2.31. The summed E-state index contributed by atoms with van der Waals surface area (Å²) in [5.74, 6) is 0. The van der Waals surface area contributed by atoms with Crippen molar-refractivity contribution in [3.05, 3.63) is 0 Å². The van der Waals surface area contributed by atoms with Crippen LogP contribution in [-0.4, -0.2) is 72.4 Å². The second-order valence-electron chi connectivity index (χ2n) is 5.94. The second kappa shape index (κ2) is 5.22. The molecule has 0 radical (unpaired) electrons. The van der Waals surface area contributed by atoms with Gasteiger partial charge in [-0.1, -0.05) is 0 Å². The maximum atomic E-state index is 9.51.